The molecule has 0 fully saturated rings. The molecule has 0 unspecified atom stereocenters. The van der Waals surface area contributed by atoms with Crippen LogP contribution in [0.4, 0.5) is 5.95 Å². The molecule has 7 nitrogen and oxygen atoms in total. The first-order chi connectivity index (χ1) is 11.6. The van der Waals surface area contributed by atoms with Gasteiger partial charge in [-0.25, -0.2) is 14.5 Å². The second-order valence-electron chi connectivity index (χ2n) is 4.74. The summed E-state index contributed by atoms with van der Waals surface area (Å²) >= 11 is 0. The summed E-state index contributed by atoms with van der Waals surface area (Å²) < 4.78 is 6.32. The van der Waals surface area contributed by atoms with Crippen LogP contribution < -0.4 is 5.32 Å². The van der Waals surface area contributed by atoms with Crippen molar-refractivity contribution < 1.29 is 9.53 Å². The molecule has 0 spiro atoms. The number of carbonyl (C=O) groups excluding carboxylic acids is 1. The number of nitrogens with one attached hydrogen (secondary N) is 1. The lowest BCUT2D eigenvalue weighted by Crippen LogP contribution is -2.08. The number of esters is 1. The highest BCUT2D eigenvalue weighted by Gasteiger charge is 2.10. The van der Waals surface area contributed by atoms with Crippen LogP contribution in [-0.4, -0.2) is 28.5 Å². The van der Waals surface area contributed by atoms with Gasteiger partial charge in [-0.15, -0.1) is 0 Å². The van der Waals surface area contributed by atoms with Crippen molar-refractivity contribution in [1.82, 2.24) is 9.66 Å². The van der Waals surface area contributed by atoms with Crippen molar-refractivity contribution in [2.75, 3.05) is 11.9 Å². The van der Waals surface area contributed by atoms with Gasteiger partial charge in [0.25, 0.3) is 0 Å². The molecule has 122 valence electrons. The van der Waals surface area contributed by atoms with E-state index in [9.17, 15) is 4.79 Å². The third-order valence-electron chi connectivity index (χ3n) is 2.90. The van der Waals surface area contributed by atoms with E-state index in [1.807, 2.05) is 37.3 Å². The van der Waals surface area contributed by atoms with Crippen LogP contribution in [0.1, 0.15) is 18.2 Å². The topological polar surface area (TPSA) is 92.3 Å². The highest BCUT2D eigenvalue weighted by molar-refractivity contribution is 5.93. The minimum Gasteiger partial charge on any atom is -0.462 e. The van der Waals surface area contributed by atoms with E-state index in [2.05, 4.69) is 15.4 Å². The van der Waals surface area contributed by atoms with Gasteiger partial charge >= 0.3 is 5.97 Å². The molecule has 1 heterocycles. The first-order valence-electron chi connectivity index (χ1n) is 7.33. The van der Waals surface area contributed by atoms with Crippen LogP contribution in [0.3, 0.4) is 0 Å². The number of benzene rings is 1. The third-order valence-corrected chi connectivity index (χ3v) is 2.90. The van der Waals surface area contributed by atoms with Crippen molar-refractivity contribution in [3.05, 3.63) is 59.6 Å². The fourth-order valence-corrected chi connectivity index (χ4v) is 1.82. The Balaban J connectivity index is 2.18. The Morgan fingerprint density at radius 3 is 2.88 bits per heavy atom. The van der Waals surface area contributed by atoms with Crippen molar-refractivity contribution in [2.45, 2.75) is 13.8 Å². The summed E-state index contributed by atoms with van der Waals surface area (Å²) in [5.41, 5.74) is 1.54. The quantitative estimate of drug-likeness (QED) is 0.381. The zero-order valence-electron chi connectivity index (χ0n) is 13.4. The van der Waals surface area contributed by atoms with Crippen LogP contribution >= 0.6 is 0 Å². The molecule has 0 aliphatic rings. The predicted molar refractivity (Wildman–Crippen MR) is 90.3 cm³/mol. The smallest absolute Gasteiger partial charge is 0.350 e. The predicted octanol–water partition coefficient (Wildman–Crippen LogP) is 2.46. The molecule has 0 bridgehead atoms. The summed E-state index contributed by atoms with van der Waals surface area (Å²) in [7, 11) is 0. The van der Waals surface area contributed by atoms with E-state index >= 15 is 0 Å². The SMILES string of the molecule is CCOC(=O)/C(C#N)=C\Nc1nc(C)cn1/N=C/c1ccccc1. The average Bonchev–Trinajstić information content (AvgIpc) is 2.94. The number of ether oxygens (including phenoxy) is 1. The maximum absolute atomic E-state index is 11.6. The molecule has 2 aromatic rings. The van der Waals surface area contributed by atoms with E-state index in [1.54, 1.807) is 25.4 Å². The standard InChI is InChI=1S/C17H17N5O2/c1-3-24-16(23)15(9-18)11-19-17-21-13(2)12-22(17)20-10-14-7-5-4-6-8-14/h4-8,10-12H,3H2,1-2H3,(H,19,21)/b15-11-,20-10+. The van der Waals surface area contributed by atoms with E-state index in [0.717, 1.165) is 11.3 Å². The van der Waals surface area contributed by atoms with Gasteiger partial charge in [0, 0.05) is 6.20 Å². The van der Waals surface area contributed by atoms with Crippen molar-refractivity contribution in [2.24, 2.45) is 5.10 Å². The molecule has 0 aliphatic heterocycles. The van der Waals surface area contributed by atoms with Crippen LogP contribution in [0.25, 0.3) is 0 Å². The summed E-state index contributed by atoms with van der Waals surface area (Å²) in [6.07, 6.45) is 4.67. The molecule has 0 atom stereocenters. The van der Waals surface area contributed by atoms with E-state index in [0.29, 0.717) is 5.95 Å². The first kappa shape index (κ1) is 17.0. The number of imidazole rings is 1. The van der Waals surface area contributed by atoms with E-state index in [1.165, 1.54) is 10.9 Å². The van der Waals surface area contributed by atoms with Crippen molar-refractivity contribution in [1.29, 1.82) is 5.26 Å². The Hall–Kier alpha value is -3.40. The van der Waals surface area contributed by atoms with Crippen LogP contribution in [0, 0.1) is 18.3 Å². The molecule has 7 heteroatoms. The zero-order chi connectivity index (χ0) is 17.4. The summed E-state index contributed by atoms with van der Waals surface area (Å²) in [5.74, 6) is -0.299. The lowest BCUT2D eigenvalue weighted by Gasteiger charge is -2.03. The number of nitriles is 1. The largest absolute Gasteiger partial charge is 0.462 e. The van der Waals surface area contributed by atoms with Crippen LogP contribution in [-0.2, 0) is 9.53 Å². The van der Waals surface area contributed by atoms with E-state index < -0.39 is 5.97 Å². The van der Waals surface area contributed by atoms with Gasteiger partial charge in [-0.3, -0.25) is 0 Å². The molecule has 0 saturated heterocycles. The molecule has 0 saturated carbocycles. The Kier molecular flexibility index (Phi) is 5.86. The van der Waals surface area contributed by atoms with Crippen LogP contribution in [0.5, 0.6) is 0 Å². The van der Waals surface area contributed by atoms with Gasteiger partial charge in [-0.05, 0) is 19.4 Å². The third kappa shape index (κ3) is 4.55. The average molecular weight is 323 g/mol. The molecular formula is C17H17N5O2. The minimum atomic E-state index is -0.685. The summed E-state index contributed by atoms with van der Waals surface area (Å²) in [5, 5.41) is 16.1. The first-order valence-corrected chi connectivity index (χ1v) is 7.33. The van der Waals surface area contributed by atoms with Gasteiger partial charge in [0.2, 0.25) is 5.95 Å². The van der Waals surface area contributed by atoms with Gasteiger partial charge in [-0.2, -0.15) is 10.4 Å². The molecule has 0 aliphatic carbocycles. The van der Waals surface area contributed by atoms with Gasteiger partial charge < -0.3 is 10.1 Å². The Morgan fingerprint density at radius 2 is 2.21 bits per heavy atom. The fraction of sp³-hybridized carbons (Fsp3) is 0.176. The maximum Gasteiger partial charge on any atom is 0.350 e. The monoisotopic (exact) mass is 323 g/mol. The normalized spacial score (nSPS) is 11.3. The number of rotatable bonds is 6. The highest BCUT2D eigenvalue weighted by atomic mass is 16.5. The van der Waals surface area contributed by atoms with Crippen LogP contribution in [0.15, 0.2) is 53.4 Å². The number of nitrogens with zero attached hydrogens (tertiary/aromatic N) is 4. The molecule has 1 aromatic carbocycles. The van der Waals surface area contributed by atoms with Gasteiger partial charge in [0.15, 0.2) is 5.57 Å². The Bertz CT molecular complexity index is 800. The molecule has 0 amide bonds. The second-order valence-corrected chi connectivity index (χ2v) is 4.74. The van der Waals surface area contributed by atoms with Gasteiger partial charge in [0.05, 0.1) is 24.7 Å². The Labute approximate surface area is 139 Å². The van der Waals surface area contributed by atoms with Crippen molar-refractivity contribution in [3.8, 4) is 6.07 Å². The van der Waals surface area contributed by atoms with Gasteiger partial charge in [0.1, 0.15) is 6.07 Å². The molecule has 24 heavy (non-hydrogen) atoms. The summed E-state index contributed by atoms with van der Waals surface area (Å²) in [4.78, 5) is 15.9. The lowest BCUT2D eigenvalue weighted by molar-refractivity contribution is -0.138. The summed E-state index contributed by atoms with van der Waals surface area (Å²) in [6, 6.07) is 11.4. The highest BCUT2D eigenvalue weighted by Crippen LogP contribution is 2.09. The maximum atomic E-state index is 11.6. The lowest BCUT2D eigenvalue weighted by atomic mass is 10.2. The zero-order valence-corrected chi connectivity index (χ0v) is 13.4. The minimum absolute atomic E-state index is 0.143. The molecule has 2 rings (SSSR count). The van der Waals surface area contributed by atoms with E-state index in [-0.39, 0.29) is 12.2 Å². The molecule has 1 N–H and O–H groups in total. The van der Waals surface area contributed by atoms with Crippen LogP contribution in [0.2, 0.25) is 0 Å². The van der Waals surface area contributed by atoms with Crippen molar-refractivity contribution in [3.63, 3.8) is 0 Å². The molecule has 1 aromatic heterocycles. The second kappa shape index (κ2) is 8.29. The Morgan fingerprint density at radius 1 is 1.46 bits per heavy atom. The number of carbonyl (C=O) groups is 1. The number of hydrogen-bond acceptors (Lipinski definition) is 6. The summed E-state index contributed by atoms with van der Waals surface area (Å²) in [6.45, 7) is 3.70. The molecule has 0 radical (unpaired) electrons. The number of anilines is 1. The van der Waals surface area contributed by atoms with Crippen molar-refractivity contribution >= 4 is 18.1 Å². The van der Waals surface area contributed by atoms with Gasteiger partial charge in [-0.1, -0.05) is 30.3 Å². The number of hydrogen-bond donors (Lipinski definition) is 1. The number of aromatic nitrogens is 2. The van der Waals surface area contributed by atoms with E-state index in [4.69, 9.17) is 10.00 Å². The number of aryl methyl sites for hydroxylation is 1. The fourth-order valence-electron chi connectivity index (χ4n) is 1.82. The molecular weight excluding hydrogens is 306 g/mol.